The molecule has 0 bridgehead atoms. The zero-order chi connectivity index (χ0) is 10.8. The van der Waals surface area contributed by atoms with Crippen molar-refractivity contribution in [2.75, 3.05) is 6.54 Å². The topological polar surface area (TPSA) is 46.2 Å². The van der Waals surface area contributed by atoms with E-state index in [1.807, 2.05) is 19.1 Å². The molecule has 0 fully saturated rings. The van der Waals surface area contributed by atoms with Crippen LogP contribution in [-0.4, -0.2) is 11.7 Å². The molecule has 78 valence electrons. The third-order valence-corrected chi connectivity index (χ3v) is 3.03. The zero-order valence-corrected chi connectivity index (χ0v) is 9.17. The lowest BCUT2D eigenvalue weighted by Gasteiger charge is -2.28. The molecular formula is C12H19NO. The van der Waals surface area contributed by atoms with Crippen molar-refractivity contribution < 1.29 is 5.11 Å². The van der Waals surface area contributed by atoms with Crippen LogP contribution in [0, 0.1) is 6.92 Å². The SMILES string of the molecule is CCC(C)(CN)c1cc(C)ccc1O. The van der Waals surface area contributed by atoms with Crippen molar-refractivity contribution in [3.63, 3.8) is 0 Å². The molecule has 0 heterocycles. The van der Waals surface area contributed by atoms with E-state index in [1.54, 1.807) is 6.07 Å². The Hall–Kier alpha value is -1.02. The summed E-state index contributed by atoms with van der Waals surface area (Å²) in [5.41, 5.74) is 7.76. The normalized spacial score (nSPS) is 15.1. The van der Waals surface area contributed by atoms with Crippen LogP contribution in [0.25, 0.3) is 0 Å². The fourth-order valence-corrected chi connectivity index (χ4v) is 1.58. The van der Waals surface area contributed by atoms with Crippen LogP contribution >= 0.6 is 0 Å². The Bertz CT molecular complexity index is 316. The smallest absolute Gasteiger partial charge is 0.119 e. The summed E-state index contributed by atoms with van der Waals surface area (Å²) in [7, 11) is 0. The highest BCUT2D eigenvalue weighted by molar-refractivity contribution is 5.41. The molecule has 0 saturated heterocycles. The number of hydrogen-bond donors (Lipinski definition) is 2. The minimum absolute atomic E-state index is 0.115. The molecule has 1 atom stereocenters. The maximum Gasteiger partial charge on any atom is 0.119 e. The van der Waals surface area contributed by atoms with Crippen molar-refractivity contribution in [3.8, 4) is 5.75 Å². The fraction of sp³-hybridized carbons (Fsp3) is 0.500. The Morgan fingerprint density at radius 3 is 2.57 bits per heavy atom. The van der Waals surface area contributed by atoms with Gasteiger partial charge in [-0.1, -0.05) is 31.5 Å². The van der Waals surface area contributed by atoms with Gasteiger partial charge in [-0.15, -0.1) is 0 Å². The third kappa shape index (κ3) is 1.90. The minimum atomic E-state index is -0.115. The maximum absolute atomic E-state index is 9.78. The quantitative estimate of drug-likeness (QED) is 0.774. The molecule has 1 unspecified atom stereocenters. The zero-order valence-electron chi connectivity index (χ0n) is 9.17. The summed E-state index contributed by atoms with van der Waals surface area (Å²) in [5, 5.41) is 9.78. The molecule has 1 rings (SSSR count). The number of phenolic OH excluding ortho intramolecular Hbond substituents is 1. The lowest BCUT2D eigenvalue weighted by molar-refractivity contribution is 0.413. The summed E-state index contributed by atoms with van der Waals surface area (Å²) in [4.78, 5) is 0. The Labute approximate surface area is 85.8 Å². The molecule has 14 heavy (non-hydrogen) atoms. The molecule has 0 aromatic heterocycles. The second kappa shape index (κ2) is 4.01. The number of hydrogen-bond acceptors (Lipinski definition) is 2. The van der Waals surface area contributed by atoms with Crippen LogP contribution in [0.2, 0.25) is 0 Å². The molecule has 3 N–H and O–H groups in total. The first-order valence-corrected chi connectivity index (χ1v) is 5.03. The van der Waals surface area contributed by atoms with E-state index < -0.39 is 0 Å². The van der Waals surface area contributed by atoms with Crippen LogP contribution < -0.4 is 5.73 Å². The second-order valence-electron chi connectivity index (χ2n) is 4.14. The monoisotopic (exact) mass is 193 g/mol. The van der Waals surface area contributed by atoms with Crippen molar-refractivity contribution in [2.45, 2.75) is 32.6 Å². The van der Waals surface area contributed by atoms with Gasteiger partial charge in [0.05, 0.1) is 0 Å². The maximum atomic E-state index is 9.78. The summed E-state index contributed by atoms with van der Waals surface area (Å²) in [6, 6.07) is 5.67. The van der Waals surface area contributed by atoms with Crippen molar-refractivity contribution in [1.82, 2.24) is 0 Å². The highest BCUT2D eigenvalue weighted by Crippen LogP contribution is 2.33. The first-order valence-electron chi connectivity index (χ1n) is 5.03. The summed E-state index contributed by atoms with van der Waals surface area (Å²) < 4.78 is 0. The van der Waals surface area contributed by atoms with Gasteiger partial charge in [0.2, 0.25) is 0 Å². The van der Waals surface area contributed by atoms with Gasteiger partial charge in [-0.05, 0) is 19.4 Å². The first-order chi connectivity index (χ1) is 6.53. The number of benzene rings is 1. The van der Waals surface area contributed by atoms with Gasteiger partial charge in [0, 0.05) is 17.5 Å². The molecular weight excluding hydrogens is 174 g/mol. The number of aromatic hydroxyl groups is 1. The molecule has 2 heteroatoms. The molecule has 0 spiro atoms. The Morgan fingerprint density at radius 2 is 2.07 bits per heavy atom. The highest BCUT2D eigenvalue weighted by atomic mass is 16.3. The summed E-state index contributed by atoms with van der Waals surface area (Å²) in [5.74, 6) is 0.352. The van der Waals surface area contributed by atoms with Gasteiger partial charge in [0.15, 0.2) is 0 Å². The lowest BCUT2D eigenvalue weighted by atomic mass is 9.79. The van der Waals surface area contributed by atoms with Gasteiger partial charge >= 0.3 is 0 Å². The Balaban J connectivity index is 3.22. The largest absolute Gasteiger partial charge is 0.508 e. The highest BCUT2D eigenvalue weighted by Gasteiger charge is 2.25. The van der Waals surface area contributed by atoms with Crippen molar-refractivity contribution in [2.24, 2.45) is 5.73 Å². The van der Waals surface area contributed by atoms with Gasteiger partial charge in [0.25, 0.3) is 0 Å². The van der Waals surface area contributed by atoms with E-state index in [2.05, 4.69) is 13.8 Å². The minimum Gasteiger partial charge on any atom is -0.508 e. The summed E-state index contributed by atoms with van der Waals surface area (Å²) >= 11 is 0. The molecule has 0 amide bonds. The fourth-order valence-electron chi connectivity index (χ4n) is 1.58. The van der Waals surface area contributed by atoms with Gasteiger partial charge in [0.1, 0.15) is 5.75 Å². The average molecular weight is 193 g/mol. The van der Waals surface area contributed by atoms with E-state index in [9.17, 15) is 5.11 Å². The van der Waals surface area contributed by atoms with Crippen LogP contribution in [0.3, 0.4) is 0 Å². The second-order valence-corrected chi connectivity index (χ2v) is 4.14. The van der Waals surface area contributed by atoms with Crippen molar-refractivity contribution in [1.29, 1.82) is 0 Å². The van der Waals surface area contributed by atoms with Gasteiger partial charge in [-0.25, -0.2) is 0 Å². The van der Waals surface area contributed by atoms with Crippen LogP contribution in [0.5, 0.6) is 5.75 Å². The summed E-state index contributed by atoms with van der Waals surface area (Å²) in [6.45, 7) is 6.76. The van der Waals surface area contributed by atoms with E-state index in [0.717, 1.165) is 17.5 Å². The standard InChI is InChI=1S/C12H19NO/c1-4-12(3,8-13)10-7-9(2)5-6-11(10)14/h5-7,14H,4,8,13H2,1-3H3. The van der Waals surface area contributed by atoms with E-state index in [0.29, 0.717) is 12.3 Å². The number of nitrogens with two attached hydrogens (primary N) is 1. The van der Waals surface area contributed by atoms with Crippen LogP contribution in [0.1, 0.15) is 31.4 Å². The molecule has 0 aliphatic carbocycles. The first kappa shape index (κ1) is 11.1. The van der Waals surface area contributed by atoms with Gasteiger partial charge in [-0.2, -0.15) is 0 Å². The Kier molecular flexibility index (Phi) is 3.17. The van der Waals surface area contributed by atoms with Crippen molar-refractivity contribution in [3.05, 3.63) is 29.3 Å². The predicted octanol–water partition coefficient (Wildman–Crippen LogP) is 2.33. The lowest BCUT2D eigenvalue weighted by Crippen LogP contribution is -2.31. The molecule has 0 aliphatic rings. The van der Waals surface area contributed by atoms with Crippen LogP contribution in [-0.2, 0) is 5.41 Å². The Morgan fingerprint density at radius 1 is 1.43 bits per heavy atom. The van der Waals surface area contributed by atoms with Crippen LogP contribution in [0.15, 0.2) is 18.2 Å². The molecule has 1 aromatic carbocycles. The van der Waals surface area contributed by atoms with E-state index in [4.69, 9.17) is 5.73 Å². The van der Waals surface area contributed by atoms with E-state index >= 15 is 0 Å². The predicted molar refractivity (Wildman–Crippen MR) is 59.5 cm³/mol. The van der Waals surface area contributed by atoms with Gasteiger partial charge < -0.3 is 10.8 Å². The summed E-state index contributed by atoms with van der Waals surface area (Å²) in [6.07, 6.45) is 0.931. The molecule has 0 radical (unpaired) electrons. The number of aryl methyl sites for hydroxylation is 1. The number of phenols is 1. The number of rotatable bonds is 3. The molecule has 0 saturated carbocycles. The van der Waals surface area contributed by atoms with Gasteiger partial charge in [-0.3, -0.25) is 0 Å². The molecule has 1 aromatic rings. The molecule has 2 nitrogen and oxygen atoms in total. The average Bonchev–Trinajstić information content (AvgIpc) is 2.20. The van der Waals surface area contributed by atoms with E-state index in [1.165, 1.54) is 0 Å². The van der Waals surface area contributed by atoms with Crippen LogP contribution in [0.4, 0.5) is 0 Å². The third-order valence-electron chi connectivity index (χ3n) is 3.03. The van der Waals surface area contributed by atoms with Crippen molar-refractivity contribution >= 4 is 0 Å². The molecule has 0 aliphatic heterocycles. The van der Waals surface area contributed by atoms with E-state index in [-0.39, 0.29) is 5.41 Å².